The minimum absolute atomic E-state index is 0.268. The summed E-state index contributed by atoms with van der Waals surface area (Å²) in [5.41, 5.74) is 0. The molecule has 1 amide bonds. The Hall–Kier alpha value is -0.610. The Morgan fingerprint density at radius 1 is 1.21 bits per heavy atom. The van der Waals surface area contributed by atoms with Gasteiger partial charge in [0.15, 0.2) is 0 Å². The molecule has 2 atom stereocenters. The summed E-state index contributed by atoms with van der Waals surface area (Å²) in [6, 6.07) is 1.73. The lowest BCUT2D eigenvalue weighted by Gasteiger charge is -2.37. The van der Waals surface area contributed by atoms with Crippen LogP contribution in [0.15, 0.2) is 0 Å². The number of rotatable bonds is 7. The fourth-order valence-corrected chi connectivity index (χ4v) is 3.47. The highest BCUT2D eigenvalue weighted by molar-refractivity contribution is 5.76. The van der Waals surface area contributed by atoms with Crippen LogP contribution in [0.1, 0.15) is 52.4 Å². The normalized spacial score (nSPS) is 29.5. The van der Waals surface area contributed by atoms with E-state index in [0.717, 1.165) is 32.4 Å². The van der Waals surface area contributed by atoms with Crippen LogP contribution in [-0.4, -0.2) is 48.7 Å². The summed E-state index contributed by atoms with van der Waals surface area (Å²) in [5.74, 6) is 0.268. The van der Waals surface area contributed by atoms with E-state index in [0.29, 0.717) is 31.2 Å². The van der Waals surface area contributed by atoms with Gasteiger partial charge in [-0.3, -0.25) is 4.79 Å². The van der Waals surface area contributed by atoms with E-state index in [1.165, 1.54) is 12.8 Å². The molecule has 2 aliphatic heterocycles. The molecule has 1 N–H and O–H groups in total. The Morgan fingerprint density at radius 2 is 1.89 bits per heavy atom. The second-order valence-corrected chi connectivity index (χ2v) is 5.81. The van der Waals surface area contributed by atoms with Crippen LogP contribution in [0.4, 0.5) is 0 Å². The molecule has 4 nitrogen and oxygen atoms in total. The van der Waals surface area contributed by atoms with Gasteiger partial charge in [0.05, 0.1) is 13.0 Å². The van der Waals surface area contributed by atoms with Crippen LogP contribution in [0.5, 0.6) is 0 Å². The predicted octanol–water partition coefficient (Wildman–Crippen LogP) is 1.93. The molecule has 0 aromatic rings. The summed E-state index contributed by atoms with van der Waals surface area (Å²) in [6.07, 6.45) is 6.38. The van der Waals surface area contributed by atoms with Gasteiger partial charge in [0.25, 0.3) is 0 Å². The third kappa shape index (κ3) is 3.93. The maximum atomic E-state index is 12.3. The van der Waals surface area contributed by atoms with Crippen molar-refractivity contribution >= 4 is 5.91 Å². The van der Waals surface area contributed by atoms with Crippen molar-refractivity contribution in [2.45, 2.75) is 70.5 Å². The average molecular weight is 268 g/mol. The second kappa shape index (κ2) is 7.25. The Kier molecular flexibility index (Phi) is 5.64. The van der Waals surface area contributed by atoms with Crippen molar-refractivity contribution in [3.05, 3.63) is 0 Å². The smallest absolute Gasteiger partial charge is 0.225 e. The first kappa shape index (κ1) is 14.8. The van der Waals surface area contributed by atoms with Crippen molar-refractivity contribution in [1.82, 2.24) is 10.2 Å². The number of carbonyl (C=O) groups excluding carboxylic acids is 1. The molecular formula is C15H28N2O2. The van der Waals surface area contributed by atoms with Gasteiger partial charge in [-0.15, -0.1) is 0 Å². The van der Waals surface area contributed by atoms with Gasteiger partial charge in [0.2, 0.25) is 5.91 Å². The van der Waals surface area contributed by atoms with E-state index < -0.39 is 0 Å². The van der Waals surface area contributed by atoms with Crippen molar-refractivity contribution < 1.29 is 9.53 Å². The van der Waals surface area contributed by atoms with Gasteiger partial charge in [-0.05, 0) is 39.0 Å². The largest absolute Gasteiger partial charge is 0.381 e. The van der Waals surface area contributed by atoms with Gasteiger partial charge in [0, 0.05) is 31.3 Å². The van der Waals surface area contributed by atoms with Crippen LogP contribution in [0.3, 0.4) is 0 Å². The summed E-state index contributed by atoms with van der Waals surface area (Å²) in [6.45, 7) is 6.34. The number of nitrogens with zero attached hydrogens (tertiary/aromatic N) is 1. The maximum Gasteiger partial charge on any atom is 0.225 e. The van der Waals surface area contributed by atoms with Gasteiger partial charge in [-0.1, -0.05) is 6.92 Å². The number of amides is 1. The molecule has 4 heteroatoms. The third-order valence-electron chi connectivity index (χ3n) is 4.36. The van der Waals surface area contributed by atoms with Gasteiger partial charge in [-0.2, -0.15) is 0 Å². The Morgan fingerprint density at radius 3 is 2.47 bits per heavy atom. The van der Waals surface area contributed by atoms with Gasteiger partial charge >= 0.3 is 0 Å². The van der Waals surface area contributed by atoms with Crippen LogP contribution in [0, 0.1) is 0 Å². The number of ether oxygens (including phenoxy) is 1. The summed E-state index contributed by atoms with van der Waals surface area (Å²) in [4.78, 5) is 14.4. The molecule has 2 heterocycles. The molecule has 0 radical (unpaired) electrons. The zero-order valence-electron chi connectivity index (χ0n) is 12.4. The highest BCUT2D eigenvalue weighted by Gasteiger charge is 2.36. The van der Waals surface area contributed by atoms with Crippen LogP contribution in [0.2, 0.25) is 0 Å². The molecule has 0 saturated carbocycles. The molecule has 0 aromatic carbocycles. The maximum absolute atomic E-state index is 12.3. The van der Waals surface area contributed by atoms with E-state index in [1.807, 2.05) is 0 Å². The van der Waals surface area contributed by atoms with E-state index in [-0.39, 0.29) is 5.91 Å². The molecule has 0 spiro atoms. The van der Waals surface area contributed by atoms with Crippen molar-refractivity contribution in [2.75, 3.05) is 19.8 Å². The molecule has 0 aromatic heterocycles. The highest BCUT2D eigenvalue weighted by Crippen LogP contribution is 2.29. The number of hydrogen-bond donors (Lipinski definition) is 1. The first-order chi connectivity index (χ1) is 9.24. The average Bonchev–Trinajstić information content (AvgIpc) is 2.75. The van der Waals surface area contributed by atoms with E-state index in [2.05, 4.69) is 24.1 Å². The molecule has 2 aliphatic rings. The van der Waals surface area contributed by atoms with E-state index >= 15 is 0 Å². The number of fused-ring (bicyclic) bond motifs is 2. The summed E-state index contributed by atoms with van der Waals surface area (Å²) in [5, 5.41) is 3.64. The van der Waals surface area contributed by atoms with Gasteiger partial charge in [0.1, 0.15) is 0 Å². The SMILES string of the molecule is CCCOCCC(=O)N(CC)C1CC2CCC(C1)N2. The minimum atomic E-state index is 0.268. The number of nitrogens with one attached hydrogen (secondary N) is 1. The van der Waals surface area contributed by atoms with E-state index in [1.54, 1.807) is 0 Å². The highest BCUT2D eigenvalue weighted by atomic mass is 16.5. The lowest BCUT2D eigenvalue weighted by molar-refractivity contribution is -0.135. The zero-order chi connectivity index (χ0) is 13.7. The molecule has 110 valence electrons. The predicted molar refractivity (Wildman–Crippen MR) is 76.1 cm³/mol. The molecule has 19 heavy (non-hydrogen) atoms. The van der Waals surface area contributed by atoms with Crippen LogP contribution < -0.4 is 5.32 Å². The fraction of sp³-hybridized carbons (Fsp3) is 0.933. The minimum Gasteiger partial charge on any atom is -0.381 e. The topological polar surface area (TPSA) is 41.6 Å². The Labute approximate surface area is 116 Å². The number of carbonyl (C=O) groups is 1. The van der Waals surface area contributed by atoms with Crippen molar-refractivity contribution in [3.63, 3.8) is 0 Å². The van der Waals surface area contributed by atoms with Crippen molar-refractivity contribution in [3.8, 4) is 0 Å². The van der Waals surface area contributed by atoms with Crippen molar-refractivity contribution in [2.24, 2.45) is 0 Å². The molecule has 0 aliphatic carbocycles. The summed E-state index contributed by atoms with van der Waals surface area (Å²) < 4.78 is 5.43. The molecule has 2 unspecified atom stereocenters. The molecule has 2 fully saturated rings. The van der Waals surface area contributed by atoms with Crippen LogP contribution in [-0.2, 0) is 9.53 Å². The monoisotopic (exact) mass is 268 g/mol. The summed E-state index contributed by atoms with van der Waals surface area (Å²) in [7, 11) is 0. The summed E-state index contributed by atoms with van der Waals surface area (Å²) >= 11 is 0. The van der Waals surface area contributed by atoms with Gasteiger partial charge in [-0.25, -0.2) is 0 Å². The fourth-order valence-electron chi connectivity index (χ4n) is 3.47. The van der Waals surface area contributed by atoms with Crippen molar-refractivity contribution in [1.29, 1.82) is 0 Å². The molecular weight excluding hydrogens is 240 g/mol. The second-order valence-electron chi connectivity index (χ2n) is 5.81. The van der Waals surface area contributed by atoms with E-state index in [9.17, 15) is 4.79 Å². The van der Waals surface area contributed by atoms with Crippen LogP contribution in [0.25, 0.3) is 0 Å². The number of piperidine rings is 1. The van der Waals surface area contributed by atoms with Crippen LogP contribution >= 0.6 is 0 Å². The van der Waals surface area contributed by atoms with E-state index in [4.69, 9.17) is 4.74 Å². The first-order valence-electron chi connectivity index (χ1n) is 7.87. The first-order valence-corrected chi connectivity index (χ1v) is 7.87. The standard InChI is InChI=1S/C15H28N2O2/c1-3-8-19-9-7-15(18)17(4-2)14-10-12-5-6-13(11-14)16-12/h12-14,16H,3-11H2,1-2H3. The lowest BCUT2D eigenvalue weighted by atomic mass is 9.98. The lowest BCUT2D eigenvalue weighted by Crippen LogP contribution is -2.50. The molecule has 2 rings (SSSR count). The molecule has 2 bridgehead atoms. The Balaban J connectivity index is 1.80. The zero-order valence-corrected chi connectivity index (χ0v) is 12.4. The van der Waals surface area contributed by atoms with Gasteiger partial charge < -0.3 is 15.0 Å². The molecule has 2 saturated heterocycles. The quantitative estimate of drug-likeness (QED) is 0.717. The third-order valence-corrected chi connectivity index (χ3v) is 4.36. The number of hydrogen-bond acceptors (Lipinski definition) is 3. The Bertz CT molecular complexity index is 284.